The van der Waals surface area contributed by atoms with Crippen molar-refractivity contribution < 1.29 is 28.9 Å². The van der Waals surface area contributed by atoms with Crippen LogP contribution in [-0.4, -0.2) is 38.3 Å². The van der Waals surface area contributed by atoms with Crippen molar-refractivity contribution in [3.05, 3.63) is 48.0 Å². The maximum Gasteiger partial charge on any atom is 0.307 e. The van der Waals surface area contributed by atoms with Crippen molar-refractivity contribution in [2.24, 2.45) is 5.92 Å². The third kappa shape index (κ3) is 5.13. The van der Waals surface area contributed by atoms with Gasteiger partial charge in [0.25, 0.3) is 0 Å². The van der Waals surface area contributed by atoms with E-state index in [-0.39, 0.29) is 12.8 Å². The van der Waals surface area contributed by atoms with Crippen molar-refractivity contribution in [1.29, 1.82) is 0 Å². The van der Waals surface area contributed by atoms with Crippen LogP contribution in [0.3, 0.4) is 0 Å². The Bertz CT molecular complexity index is 783. The molecule has 0 aliphatic carbocycles. The minimum Gasteiger partial charge on any atom is -0.496 e. The van der Waals surface area contributed by atoms with E-state index in [2.05, 4.69) is 5.32 Å². The number of para-hydroxylation sites is 2. The number of anilines is 1. The fraction of sp³-hybridized carbons (Fsp3) is 0.300. The van der Waals surface area contributed by atoms with Gasteiger partial charge in [-0.1, -0.05) is 24.3 Å². The van der Waals surface area contributed by atoms with Crippen molar-refractivity contribution in [1.82, 2.24) is 0 Å². The average Bonchev–Trinajstić information content (AvgIpc) is 2.67. The summed E-state index contributed by atoms with van der Waals surface area (Å²) in [6.07, 6.45) is -0.0234. The first-order valence-electron chi connectivity index (χ1n) is 8.35. The number of carbonyl (C=O) groups is 2. The summed E-state index contributed by atoms with van der Waals surface area (Å²) in [6, 6.07) is 12.2. The highest BCUT2D eigenvalue weighted by molar-refractivity contribution is 5.96. The minimum atomic E-state index is -1.05. The first kappa shape index (κ1) is 20.1. The highest BCUT2D eigenvalue weighted by Gasteiger charge is 2.24. The van der Waals surface area contributed by atoms with Gasteiger partial charge in [0.15, 0.2) is 0 Å². The van der Waals surface area contributed by atoms with Crippen LogP contribution in [0, 0.1) is 5.92 Å². The Balaban J connectivity index is 2.15. The normalized spacial score (nSPS) is 11.4. The van der Waals surface area contributed by atoms with E-state index < -0.39 is 17.8 Å². The van der Waals surface area contributed by atoms with Crippen molar-refractivity contribution in [3.63, 3.8) is 0 Å². The van der Waals surface area contributed by atoms with E-state index >= 15 is 0 Å². The number of carboxylic acids is 1. The number of rotatable bonds is 9. The molecule has 1 atom stereocenters. The molecule has 0 spiro atoms. The topological polar surface area (TPSA) is 94.1 Å². The Labute approximate surface area is 157 Å². The number of benzene rings is 2. The number of ether oxygens (including phenoxy) is 3. The summed E-state index contributed by atoms with van der Waals surface area (Å²) in [7, 11) is 4.48. The number of nitrogens with one attached hydrogen (secondary N) is 1. The van der Waals surface area contributed by atoms with Crippen LogP contribution in [0.4, 0.5) is 5.69 Å². The number of aliphatic carboxylic acids is 1. The van der Waals surface area contributed by atoms with E-state index in [9.17, 15) is 14.7 Å². The lowest BCUT2D eigenvalue weighted by Crippen LogP contribution is -2.24. The molecule has 2 aromatic rings. The van der Waals surface area contributed by atoms with E-state index in [1.165, 1.54) is 21.3 Å². The molecule has 144 valence electrons. The zero-order valence-electron chi connectivity index (χ0n) is 15.5. The predicted molar refractivity (Wildman–Crippen MR) is 101 cm³/mol. The van der Waals surface area contributed by atoms with Crippen molar-refractivity contribution >= 4 is 17.6 Å². The van der Waals surface area contributed by atoms with Gasteiger partial charge in [0.05, 0.1) is 27.2 Å². The van der Waals surface area contributed by atoms with Crippen LogP contribution < -0.4 is 19.5 Å². The first-order chi connectivity index (χ1) is 13.0. The molecule has 0 aliphatic rings. The first-order valence-corrected chi connectivity index (χ1v) is 8.35. The lowest BCUT2D eigenvalue weighted by molar-refractivity contribution is -0.143. The number of hydrogen-bond donors (Lipinski definition) is 2. The molecule has 1 unspecified atom stereocenters. The van der Waals surface area contributed by atoms with E-state index in [0.29, 0.717) is 22.9 Å². The largest absolute Gasteiger partial charge is 0.496 e. The van der Waals surface area contributed by atoms with Gasteiger partial charge < -0.3 is 24.6 Å². The second-order valence-corrected chi connectivity index (χ2v) is 5.84. The van der Waals surface area contributed by atoms with Gasteiger partial charge in [0.1, 0.15) is 22.9 Å². The molecule has 2 N–H and O–H groups in total. The second-order valence-electron chi connectivity index (χ2n) is 5.84. The maximum atomic E-state index is 12.5. The Morgan fingerprint density at radius 2 is 1.48 bits per heavy atom. The number of methoxy groups -OCH3 is 3. The number of carbonyl (C=O) groups excluding carboxylic acids is 1. The molecule has 1 amide bonds. The maximum absolute atomic E-state index is 12.5. The molecule has 0 radical (unpaired) electrons. The summed E-state index contributed by atoms with van der Waals surface area (Å²) < 4.78 is 15.7. The van der Waals surface area contributed by atoms with E-state index in [4.69, 9.17) is 14.2 Å². The molecule has 7 nitrogen and oxygen atoms in total. The van der Waals surface area contributed by atoms with Gasteiger partial charge in [-0.05, 0) is 30.2 Å². The van der Waals surface area contributed by atoms with Crippen LogP contribution in [0.15, 0.2) is 42.5 Å². The fourth-order valence-electron chi connectivity index (χ4n) is 2.77. The smallest absolute Gasteiger partial charge is 0.307 e. The molecular formula is C20H23NO6. The van der Waals surface area contributed by atoms with Crippen LogP contribution in [0.25, 0.3) is 0 Å². The number of carboxylic acid groups (broad SMARTS) is 1. The molecule has 0 saturated heterocycles. The SMILES string of the molecule is COc1ccccc1CC(CC(=O)Nc1c(OC)cccc1OC)C(=O)O. The summed E-state index contributed by atoms with van der Waals surface area (Å²) in [4.78, 5) is 24.2. The molecule has 2 rings (SSSR count). The second kappa shape index (κ2) is 9.47. The lowest BCUT2D eigenvalue weighted by atomic mass is 9.95. The van der Waals surface area contributed by atoms with Gasteiger partial charge in [-0.25, -0.2) is 0 Å². The standard InChI is InChI=1S/C20H23NO6/c1-25-15-8-5-4-7-13(15)11-14(20(23)24)12-18(22)21-19-16(26-2)9-6-10-17(19)27-3/h4-10,14H,11-12H2,1-3H3,(H,21,22)(H,23,24). The fourth-order valence-corrected chi connectivity index (χ4v) is 2.77. The van der Waals surface area contributed by atoms with Crippen molar-refractivity contribution in [2.45, 2.75) is 12.8 Å². The number of amides is 1. The third-order valence-electron chi connectivity index (χ3n) is 4.13. The molecule has 0 aromatic heterocycles. The quantitative estimate of drug-likeness (QED) is 0.702. The lowest BCUT2D eigenvalue weighted by Gasteiger charge is -2.17. The molecule has 0 heterocycles. The Morgan fingerprint density at radius 1 is 0.926 bits per heavy atom. The summed E-state index contributed by atoms with van der Waals surface area (Å²) in [5.74, 6) is -0.945. The van der Waals surface area contributed by atoms with Gasteiger partial charge in [0, 0.05) is 6.42 Å². The highest BCUT2D eigenvalue weighted by Crippen LogP contribution is 2.34. The van der Waals surface area contributed by atoms with Crippen LogP contribution in [0.1, 0.15) is 12.0 Å². The molecule has 2 aromatic carbocycles. The summed E-state index contributed by atoms with van der Waals surface area (Å²) in [6.45, 7) is 0. The summed E-state index contributed by atoms with van der Waals surface area (Å²) in [5.41, 5.74) is 1.10. The molecular weight excluding hydrogens is 350 g/mol. The van der Waals surface area contributed by atoms with Crippen LogP contribution in [-0.2, 0) is 16.0 Å². The molecule has 7 heteroatoms. The Morgan fingerprint density at radius 3 is 2.04 bits per heavy atom. The van der Waals surface area contributed by atoms with E-state index in [0.717, 1.165) is 5.56 Å². The molecule has 0 bridgehead atoms. The highest BCUT2D eigenvalue weighted by atomic mass is 16.5. The average molecular weight is 373 g/mol. The molecule has 27 heavy (non-hydrogen) atoms. The van der Waals surface area contributed by atoms with Gasteiger partial charge in [0.2, 0.25) is 5.91 Å². The van der Waals surface area contributed by atoms with E-state index in [1.807, 2.05) is 0 Å². The van der Waals surface area contributed by atoms with Crippen LogP contribution in [0.5, 0.6) is 17.2 Å². The van der Waals surface area contributed by atoms with Gasteiger partial charge in [-0.3, -0.25) is 9.59 Å². The van der Waals surface area contributed by atoms with Crippen molar-refractivity contribution in [2.75, 3.05) is 26.6 Å². The Kier molecular flexibility index (Phi) is 7.05. The Hall–Kier alpha value is -3.22. The van der Waals surface area contributed by atoms with Crippen LogP contribution >= 0.6 is 0 Å². The van der Waals surface area contributed by atoms with Gasteiger partial charge >= 0.3 is 5.97 Å². The third-order valence-corrected chi connectivity index (χ3v) is 4.13. The number of hydrogen-bond acceptors (Lipinski definition) is 5. The predicted octanol–water partition coefficient (Wildman–Crippen LogP) is 2.98. The van der Waals surface area contributed by atoms with Gasteiger partial charge in [-0.15, -0.1) is 0 Å². The minimum absolute atomic E-state index is 0.176. The molecule has 0 aliphatic heterocycles. The molecule has 0 saturated carbocycles. The zero-order valence-corrected chi connectivity index (χ0v) is 15.5. The van der Waals surface area contributed by atoms with Crippen LogP contribution in [0.2, 0.25) is 0 Å². The molecule has 0 fully saturated rings. The zero-order chi connectivity index (χ0) is 19.8. The van der Waals surface area contributed by atoms with E-state index in [1.54, 1.807) is 42.5 Å². The summed E-state index contributed by atoms with van der Waals surface area (Å²) >= 11 is 0. The summed E-state index contributed by atoms with van der Waals surface area (Å²) in [5, 5.41) is 12.2. The van der Waals surface area contributed by atoms with Crippen molar-refractivity contribution in [3.8, 4) is 17.2 Å². The van der Waals surface area contributed by atoms with Gasteiger partial charge in [-0.2, -0.15) is 0 Å². The monoisotopic (exact) mass is 373 g/mol.